The molecule has 1 rings (SSSR count). The molecule has 3 atom stereocenters. The van der Waals surface area contributed by atoms with Crippen molar-refractivity contribution >= 4 is 29.2 Å². The maximum atomic E-state index is 14.6. The molecular weight excluding hydrogens is 612 g/mol. The molecule has 0 bridgehead atoms. The van der Waals surface area contributed by atoms with Gasteiger partial charge in [0.2, 0.25) is 23.6 Å². The molecule has 0 aliphatic rings. The van der Waals surface area contributed by atoms with Crippen LogP contribution in [0.5, 0.6) is 0 Å². The average Bonchev–Trinajstić information content (AvgIpc) is 2.99. The highest BCUT2D eigenvalue weighted by Crippen LogP contribution is 2.33. The van der Waals surface area contributed by atoms with Gasteiger partial charge in [-0.15, -0.1) is 0 Å². The van der Waals surface area contributed by atoms with Crippen LogP contribution < -0.4 is 27.4 Å². The number of benzene rings is 1. The Morgan fingerprint density at radius 2 is 1.66 bits per heavy atom. The fraction of sp³-hybridized carbons (Fsp3) is 0.576. The van der Waals surface area contributed by atoms with Crippen LogP contribution >= 0.6 is 0 Å². The van der Waals surface area contributed by atoms with E-state index in [9.17, 15) is 32.9 Å². The predicted octanol–water partition coefficient (Wildman–Crippen LogP) is 2.91. The first-order valence-electron chi connectivity index (χ1n) is 15.7. The van der Waals surface area contributed by atoms with Crippen LogP contribution in [-0.2, 0) is 19.2 Å². The molecule has 14 heteroatoms. The number of hydrogen-bond acceptors (Lipinski definition) is 8. The Labute approximate surface area is 276 Å². The lowest BCUT2D eigenvalue weighted by molar-refractivity contribution is -0.134. The molecule has 0 radical (unpaired) electrons. The highest BCUT2D eigenvalue weighted by Gasteiger charge is 2.35. The summed E-state index contributed by atoms with van der Waals surface area (Å²) in [5.41, 5.74) is 12.2. The SMILES string of the molecule is C/C=C(\C=C(/C)C(N(CCC(N)C(=O)NCCNC(=O)C(CCCCN)NC(C)=O)C(=O)CN=O)C(C)(C)C)c1cc(F)ccc1F. The number of nitrogens with zero attached hydrogens (tertiary/aromatic N) is 2. The monoisotopic (exact) mass is 663 g/mol. The number of nitroso groups, excluding NO2 is 1. The number of unbranched alkanes of at least 4 members (excludes halogenated alkanes) is 1. The standard InChI is InChI=1S/C33H51F2N7O5/c1-7-23(25-19-24(34)11-12-26(25)35)18-21(2)30(33(4,5)6)42(29(44)20-40-47)17-13-27(37)31(45)38-15-16-39-32(46)28(41-22(3)43)10-8-9-14-36/h7,11-12,18-19,27-28,30H,8-10,13-17,20,36-37H2,1-6H3,(H,38,45)(H,39,46)(H,41,43)/b21-18+,23-7+. The minimum atomic E-state index is -1.04. The highest BCUT2D eigenvalue weighted by atomic mass is 19.1. The molecule has 0 saturated carbocycles. The molecule has 7 N–H and O–H groups in total. The molecule has 0 fully saturated rings. The van der Waals surface area contributed by atoms with Crippen molar-refractivity contribution in [3.05, 3.63) is 58.0 Å². The third-order valence-corrected chi connectivity index (χ3v) is 7.40. The molecule has 0 spiro atoms. The normalized spacial score (nSPS) is 14.1. The average molecular weight is 664 g/mol. The summed E-state index contributed by atoms with van der Waals surface area (Å²) in [6.07, 6.45) is 5.13. The first kappa shape index (κ1) is 41.0. The van der Waals surface area contributed by atoms with Gasteiger partial charge in [0.1, 0.15) is 17.7 Å². The van der Waals surface area contributed by atoms with Crippen molar-refractivity contribution in [2.75, 3.05) is 32.7 Å². The second kappa shape index (κ2) is 20.3. The van der Waals surface area contributed by atoms with Gasteiger partial charge in [-0.05, 0) is 80.8 Å². The van der Waals surface area contributed by atoms with Crippen molar-refractivity contribution in [1.29, 1.82) is 0 Å². The zero-order valence-corrected chi connectivity index (χ0v) is 28.3. The molecule has 0 heterocycles. The summed E-state index contributed by atoms with van der Waals surface area (Å²) >= 11 is 0. The number of rotatable bonds is 19. The fourth-order valence-electron chi connectivity index (χ4n) is 5.34. The van der Waals surface area contributed by atoms with Crippen molar-refractivity contribution in [2.45, 2.75) is 85.4 Å². The summed E-state index contributed by atoms with van der Waals surface area (Å²) in [7, 11) is 0. The van der Waals surface area contributed by atoms with E-state index in [1.165, 1.54) is 11.8 Å². The van der Waals surface area contributed by atoms with Crippen LogP contribution in [0.2, 0.25) is 0 Å². The smallest absolute Gasteiger partial charge is 0.248 e. The van der Waals surface area contributed by atoms with Gasteiger partial charge < -0.3 is 32.3 Å². The number of amides is 4. The van der Waals surface area contributed by atoms with Gasteiger partial charge >= 0.3 is 0 Å². The Balaban J connectivity index is 3.02. The Bertz CT molecular complexity index is 1300. The molecular formula is C33H51F2N7O5. The third kappa shape index (κ3) is 14.1. The van der Waals surface area contributed by atoms with E-state index in [4.69, 9.17) is 11.5 Å². The van der Waals surface area contributed by atoms with Crippen molar-refractivity contribution in [3.8, 4) is 0 Å². The van der Waals surface area contributed by atoms with E-state index in [0.29, 0.717) is 37.0 Å². The lowest BCUT2D eigenvalue weighted by atomic mass is 9.80. The topological polar surface area (TPSA) is 189 Å². The van der Waals surface area contributed by atoms with Crippen LogP contribution in [0.3, 0.4) is 0 Å². The Hall–Kier alpha value is -4.04. The zero-order chi connectivity index (χ0) is 35.7. The van der Waals surface area contributed by atoms with E-state index in [1.807, 2.05) is 20.8 Å². The van der Waals surface area contributed by atoms with E-state index < -0.39 is 53.5 Å². The molecule has 262 valence electrons. The maximum Gasteiger partial charge on any atom is 0.248 e. The molecule has 0 aliphatic carbocycles. The van der Waals surface area contributed by atoms with Gasteiger partial charge in [-0.1, -0.05) is 38.1 Å². The number of allylic oxidation sites excluding steroid dienone is 3. The molecule has 4 amide bonds. The summed E-state index contributed by atoms with van der Waals surface area (Å²) in [6, 6.07) is 0.775. The van der Waals surface area contributed by atoms with Crippen LogP contribution in [-0.4, -0.2) is 79.4 Å². The highest BCUT2D eigenvalue weighted by molar-refractivity contribution is 5.87. The zero-order valence-electron chi connectivity index (χ0n) is 28.3. The minimum absolute atomic E-state index is 0.00646. The molecule has 1 aromatic rings. The maximum absolute atomic E-state index is 14.6. The van der Waals surface area contributed by atoms with Crippen LogP contribution in [0.1, 0.15) is 72.8 Å². The molecule has 12 nitrogen and oxygen atoms in total. The fourth-order valence-corrected chi connectivity index (χ4v) is 5.34. The second-order valence-corrected chi connectivity index (χ2v) is 12.4. The Morgan fingerprint density at radius 1 is 1.02 bits per heavy atom. The number of nitrogens with one attached hydrogen (secondary N) is 3. The first-order valence-corrected chi connectivity index (χ1v) is 15.7. The van der Waals surface area contributed by atoms with Crippen LogP contribution in [0.25, 0.3) is 5.57 Å². The first-order chi connectivity index (χ1) is 22.1. The molecule has 47 heavy (non-hydrogen) atoms. The van der Waals surface area contributed by atoms with E-state index >= 15 is 0 Å². The van der Waals surface area contributed by atoms with Crippen molar-refractivity contribution in [3.63, 3.8) is 0 Å². The van der Waals surface area contributed by atoms with Crippen LogP contribution in [0, 0.1) is 22.0 Å². The third-order valence-electron chi connectivity index (χ3n) is 7.40. The largest absolute Gasteiger partial charge is 0.353 e. The van der Waals surface area contributed by atoms with Gasteiger partial charge in [0.05, 0.1) is 12.1 Å². The summed E-state index contributed by atoms with van der Waals surface area (Å²) in [4.78, 5) is 62.5. The number of hydrogen-bond donors (Lipinski definition) is 5. The Kier molecular flexibility index (Phi) is 17.7. The molecule has 0 saturated heterocycles. The molecule has 3 unspecified atom stereocenters. The summed E-state index contributed by atoms with van der Waals surface area (Å²) in [5.74, 6) is -3.03. The summed E-state index contributed by atoms with van der Waals surface area (Å²) < 4.78 is 28.6. The van der Waals surface area contributed by atoms with E-state index in [1.54, 1.807) is 26.0 Å². The van der Waals surface area contributed by atoms with Crippen molar-refractivity contribution in [2.24, 2.45) is 22.1 Å². The molecule has 0 aliphatic heterocycles. The minimum Gasteiger partial charge on any atom is -0.353 e. The van der Waals surface area contributed by atoms with Crippen LogP contribution in [0.4, 0.5) is 8.78 Å². The van der Waals surface area contributed by atoms with Gasteiger partial charge in [-0.3, -0.25) is 19.2 Å². The number of carbonyl (C=O) groups excluding carboxylic acids is 4. The predicted molar refractivity (Wildman–Crippen MR) is 179 cm³/mol. The quantitative estimate of drug-likeness (QED) is 0.0854. The molecule has 0 aromatic heterocycles. The van der Waals surface area contributed by atoms with Gasteiger partial charge in [-0.2, -0.15) is 4.91 Å². The number of carbonyl (C=O) groups is 4. The van der Waals surface area contributed by atoms with E-state index in [-0.39, 0.29) is 43.4 Å². The van der Waals surface area contributed by atoms with Gasteiger partial charge in [0.15, 0.2) is 6.54 Å². The van der Waals surface area contributed by atoms with Gasteiger partial charge in [-0.25, -0.2) is 8.78 Å². The van der Waals surface area contributed by atoms with Gasteiger partial charge in [0.25, 0.3) is 0 Å². The lowest BCUT2D eigenvalue weighted by Gasteiger charge is -2.41. The van der Waals surface area contributed by atoms with E-state index in [0.717, 1.165) is 18.2 Å². The molecule has 1 aromatic carbocycles. The number of nitrogens with two attached hydrogens (primary N) is 2. The Morgan fingerprint density at radius 3 is 2.21 bits per heavy atom. The van der Waals surface area contributed by atoms with E-state index in [2.05, 4.69) is 21.1 Å². The lowest BCUT2D eigenvalue weighted by Crippen LogP contribution is -2.52. The second-order valence-electron chi connectivity index (χ2n) is 12.4. The van der Waals surface area contributed by atoms with Crippen molar-refractivity contribution < 1.29 is 28.0 Å². The summed E-state index contributed by atoms with van der Waals surface area (Å²) in [6.45, 7) is 10.4. The van der Waals surface area contributed by atoms with Crippen LogP contribution in [0.15, 0.2) is 41.1 Å². The van der Waals surface area contributed by atoms with Gasteiger partial charge in [0, 0.05) is 32.1 Å². The van der Waals surface area contributed by atoms with Crippen molar-refractivity contribution in [1.82, 2.24) is 20.9 Å². The number of halogens is 2. The summed E-state index contributed by atoms with van der Waals surface area (Å²) in [5, 5.41) is 10.7.